The second kappa shape index (κ2) is 9.70. The van der Waals surface area contributed by atoms with Crippen LogP contribution < -0.4 is 0 Å². The van der Waals surface area contributed by atoms with Crippen LogP contribution in [0.5, 0.6) is 0 Å². The van der Waals surface area contributed by atoms with Crippen LogP contribution in [0.15, 0.2) is 29.6 Å². The molecule has 0 radical (unpaired) electrons. The maximum atomic E-state index is 11.8. The highest BCUT2D eigenvalue weighted by Gasteiger charge is 2.14. The molecule has 2 rings (SSSR count). The van der Waals surface area contributed by atoms with Gasteiger partial charge in [-0.15, -0.1) is 11.3 Å². The standard InChI is InChI=1S/C22H32O2S2/c1-17(2)26(23,24)13-9-7-5-6-8-10-20-11-12-21(15-19(20)4)22-14-18(3)16-25-22/h11-12,14-17H,5-10,13H2,1-4H3. The Balaban J connectivity index is 1.71. The van der Waals surface area contributed by atoms with E-state index in [1.165, 1.54) is 40.0 Å². The molecule has 0 saturated heterocycles. The molecule has 0 amide bonds. The Kier molecular flexibility index (Phi) is 7.90. The van der Waals surface area contributed by atoms with Crippen molar-refractivity contribution in [1.82, 2.24) is 0 Å². The van der Waals surface area contributed by atoms with E-state index in [1.807, 2.05) is 0 Å². The lowest BCUT2D eigenvalue weighted by Crippen LogP contribution is -2.17. The molecule has 26 heavy (non-hydrogen) atoms. The summed E-state index contributed by atoms with van der Waals surface area (Å²) in [7, 11) is -2.86. The topological polar surface area (TPSA) is 34.1 Å². The van der Waals surface area contributed by atoms with E-state index in [9.17, 15) is 8.42 Å². The number of hydrogen-bond acceptors (Lipinski definition) is 3. The first-order valence-corrected chi connectivity index (χ1v) is 12.3. The van der Waals surface area contributed by atoms with E-state index < -0.39 is 9.84 Å². The highest BCUT2D eigenvalue weighted by molar-refractivity contribution is 7.91. The summed E-state index contributed by atoms with van der Waals surface area (Å²) in [4.78, 5) is 1.34. The summed E-state index contributed by atoms with van der Waals surface area (Å²) < 4.78 is 23.5. The molecule has 1 heterocycles. The summed E-state index contributed by atoms with van der Waals surface area (Å²) in [5.74, 6) is 0.341. The van der Waals surface area contributed by atoms with Crippen LogP contribution in [-0.4, -0.2) is 19.4 Å². The molecule has 0 bridgehead atoms. The molecule has 144 valence electrons. The fourth-order valence-electron chi connectivity index (χ4n) is 3.10. The van der Waals surface area contributed by atoms with Crippen LogP contribution >= 0.6 is 11.3 Å². The van der Waals surface area contributed by atoms with Crippen LogP contribution in [0.4, 0.5) is 0 Å². The number of unbranched alkanes of at least 4 members (excludes halogenated alkanes) is 4. The SMILES string of the molecule is Cc1csc(-c2ccc(CCCCCCCS(=O)(=O)C(C)C)c(C)c2)c1. The van der Waals surface area contributed by atoms with Gasteiger partial charge < -0.3 is 0 Å². The van der Waals surface area contributed by atoms with Crippen LogP contribution in [0, 0.1) is 13.8 Å². The molecular weight excluding hydrogens is 360 g/mol. The maximum Gasteiger partial charge on any atom is 0.152 e. The Labute approximate surface area is 163 Å². The molecule has 1 aromatic carbocycles. The van der Waals surface area contributed by atoms with Gasteiger partial charge in [0.25, 0.3) is 0 Å². The second-order valence-corrected chi connectivity index (χ2v) is 11.2. The third-order valence-corrected chi connectivity index (χ3v) is 8.34. The van der Waals surface area contributed by atoms with Gasteiger partial charge in [-0.3, -0.25) is 0 Å². The molecule has 0 fully saturated rings. The summed E-state index contributed by atoms with van der Waals surface area (Å²) in [6.45, 7) is 7.88. The molecule has 0 atom stereocenters. The predicted molar refractivity (Wildman–Crippen MR) is 115 cm³/mol. The Morgan fingerprint density at radius 3 is 2.27 bits per heavy atom. The third-order valence-electron chi connectivity index (χ3n) is 4.95. The van der Waals surface area contributed by atoms with Crippen molar-refractivity contribution in [2.45, 2.75) is 71.5 Å². The van der Waals surface area contributed by atoms with Crippen LogP contribution in [0.1, 0.15) is 62.6 Å². The van der Waals surface area contributed by atoms with E-state index in [4.69, 9.17) is 0 Å². The van der Waals surface area contributed by atoms with Gasteiger partial charge in [-0.2, -0.15) is 0 Å². The highest BCUT2D eigenvalue weighted by atomic mass is 32.2. The summed E-state index contributed by atoms with van der Waals surface area (Å²) in [5, 5.41) is 1.96. The van der Waals surface area contributed by atoms with Crippen LogP contribution in [0.25, 0.3) is 10.4 Å². The van der Waals surface area contributed by atoms with Gasteiger partial charge in [-0.25, -0.2) is 8.42 Å². The first-order valence-electron chi connectivity index (χ1n) is 9.66. The Morgan fingerprint density at radius 2 is 1.65 bits per heavy atom. The largest absolute Gasteiger partial charge is 0.229 e. The number of hydrogen-bond donors (Lipinski definition) is 0. The van der Waals surface area contributed by atoms with Crippen molar-refractivity contribution in [2.24, 2.45) is 0 Å². The second-order valence-electron chi connectivity index (χ2n) is 7.56. The molecule has 0 aliphatic carbocycles. The fraction of sp³-hybridized carbons (Fsp3) is 0.545. The monoisotopic (exact) mass is 392 g/mol. The van der Waals surface area contributed by atoms with E-state index in [-0.39, 0.29) is 5.25 Å². The summed E-state index contributed by atoms with van der Waals surface area (Å²) in [5.41, 5.74) is 5.45. The number of benzene rings is 1. The molecule has 0 aliphatic heterocycles. The van der Waals surface area contributed by atoms with Gasteiger partial charge in [0, 0.05) is 4.88 Å². The van der Waals surface area contributed by atoms with E-state index in [1.54, 1.807) is 25.2 Å². The van der Waals surface area contributed by atoms with Crippen LogP contribution in [0.3, 0.4) is 0 Å². The van der Waals surface area contributed by atoms with Crippen molar-refractivity contribution < 1.29 is 8.42 Å². The molecule has 0 unspecified atom stereocenters. The minimum atomic E-state index is -2.86. The van der Waals surface area contributed by atoms with E-state index in [2.05, 4.69) is 43.5 Å². The lowest BCUT2D eigenvalue weighted by Gasteiger charge is -2.09. The summed E-state index contributed by atoms with van der Waals surface area (Å²) in [6, 6.07) is 9.06. The lowest BCUT2D eigenvalue weighted by molar-refractivity contribution is 0.577. The van der Waals surface area contributed by atoms with Gasteiger partial charge in [-0.1, -0.05) is 37.5 Å². The molecule has 1 aromatic heterocycles. The van der Waals surface area contributed by atoms with Gasteiger partial charge in [0.05, 0.1) is 11.0 Å². The maximum absolute atomic E-state index is 11.8. The number of sulfone groups is 1. The zero-order valence-corrected chi connectivity index (χ0v) is 18.2. The Hall–Kier alpha value is -1.13. The van der Waals surface area contributed by atoms with Gasteiger partial charge in [-0.05, 0) is 80.7 Å². The molecule has 0 spiro atoms. The minimum absolute atomic E-state index is 0.244. The predicted octanol–water partition coefficient (Wildman–Crippen LogP) is 6.35. The lowest BCUT2D eigenvalue weighted by atomic mass is 9.99. The van der Waals surface area contributed by atoms with Gasteiger partial charge in [0.2, 0.25) is 0 Å². The first kappa shape index (κ1) is 21.2. The third kappa shape index (κ3) is 6.24. The molecule has 0 saturated carbocycles. The zero-order chi connectivity index (χ0) is 19.2. The van der Waals surface area contributed by atoms with Crippen molar-refractivity contribution in [2.75, 3.05) is 5.75 Å². The Morgan fingerprint density at radius 1 is 0.962 bits per heavy atom. The van der Waals surface area contributed by atoms with Crippen LogP contribution in [-0.2, 0) is 16.3 Å². The van der Waals surface area contributed by atoms with E-state index in [0.29, 0.717) is 5.75 Å². The summed E-state index contributed by atoms with van der Waals surface area (Å²) in [6.07, 6.45) is 6.40. The van der Waals surface area contributed by atoms with Crippen LogP contribution in [0.2, 0.25) is 0 Å². The summed E-state index contributed by atoms with van der Waals surface area (Å²) >= 11 is 1.81. The smallest absolute Gasteiger partial charge is 0.152 e. The highest BCUT2D eigenvalue weighted by Crippen LogP contribution is 2.29. The minimum Gasteiger partial charge on any atom is -0.229 e. The van der Waals surface area contributed by atoms with Crippen molar-refractivity contribution in [1.29, 1.82) is 0 Å². The molecule has 2 aromatic rings. The van der Waals surface area contributed by atoms with Gasteiger partial charge in [0.1, 0.15) is 0 Å². The molecular formula is C22H32O2S2. The number of rotatable bonds is 10. The van der Waals surface area contributed by atoms with E-state index >= 15 is 0 Å². The first-order chi connectivity index (χ1) is 12.3. The number of thiophene rings is 1. The fourth-order valence-corrected chi connectivity index (χ4v) is 5.07. The zero-order valence-electron chi connectivity index (χ0n) is 16.5. The average Bonchev–Trinajstić information content (AvgIpc) is 3.01. The van der Waals surface area contributed by atoms with Crippen molar-refractivity contribution in [3.63, 3.8) is 0 Å². The average molecular weight is 393 g/mol. The quantitative estimate of drug-likeness (QED) is 0.442. The normalized spacial score (nSPS) is 12.0. The van der Waals surface area contributed by atoms with Gasteiger partial charge in [0.15, 0.2) is 9.84 Å². The van der Waals surface area contributed by atoms with Crippen molar-refractivity contribution in [3.05, 3.63) is 46.3 Å². The van der Waals surface area contributed by atoms with Gasteiger partial charge >= 0.3 is 0 Å². The van der Waals surface area contributed by atoms with Crippen molar-refractivity contribution in [3.8, 4) is 10.4 Å². The molecule has 0 N–H and O–H groups in total. The Bertz CT molecular complexity index is 801. The molecule has 2 nitrogen and oxygen atoms in total. The van der Waals surface area contributed by atoms with Crippen molar-refractivity contribution >= 4 is 21.2 Å². The molecule has 0 aliphatic rings. The van der Waals surface area contributed by atoms with E-state index in [0.717, 1.165) is 25.7 Å². The number of aryl methyl sites for hydroxylation is 3. The molecule has 4 heteroatoms.